The molecule has 36 heavy (non-hydrogen) atoms. The molecule has 11 heteroatoms. The van der Waals surface area contributed by atoms with Crippen LogP contribution in [0.15, 0.2) is 66.9 Å². The Bertz CT molecular complexity index is 1100. The van der Waals surface area contributed by atoms with Gasteiger partial charge in [0.05, 0.1) is 19.3 Å². The number of aliphatic carboxylic acids is 2. The number of nitrogens with one attached hydrogen (secondary N) is 1. The van der Waals surface area contributed by atoms with E-state index in [2.05, 4.69) is 10.3 Å². The number of carboxylic acids is 2. The maximum atomic E-state index is 10.3. The van der Waals surface area contributed by atoms with E-state index < -0.39 is 18.0 Å². The molecule has 6 N–H and O–H groups in total. The molecule has 0 fully saturated rings. The van der Waals surface area contributed by atoms with Crippen molar-refractivity contribution in [2.75, 3.05) is 13.2 Å². The van der Waals surface area contributed by atoms with E-state index in [-0.39, 0.29) is 19.3 Å². The van der Waals surface area contributed by atoms with Crippen LogP contribution in [0.1, 0.15) is 22.8 Å². The molecule has 0 saturated carbocycles. The molecule has 0 radical (unpaired) electrons. The maximum absolute atomic E-state index is 10.3. The normalized spacial score (nSPS) is 12.1. The van der Waals surface area contributed by atoms with Crippen molar-refractivity contribution in [1.29, 1.82) is 0 Å². The number of benzene rings is 2. The maximum Gasteiger partial charge on any atom is 0.414 e. The van der Waals surface area contributed by atoms with Gasteiger partial charge in [-0.1, -0.05) is 35.9 Å². The summed E-state index contributed by atoms with van der Waals surface area (Å²) < 4.78 is 5.70. The number of ether oxygens (including phenoxy) is 1. The highest BCUT2D eigenvalue weighted by molar-refractivity contribution is 6.30. The van der Waals surface area contributed by atoms with E-state index in [0.29, 0.717) is 29.6 Å². The molecule has 2 atom stereocenters. The second kappa shape index (κ2) is 14.8. The van der Waals surface area contributed by atoms with E-state index in [1.165, 1.54) is 0 Å². The summed E-state index contributed by atoms with van der Waals surface area (Å²) >= 11 is 5.97. The summed E-state index contributed by atoms with van der Waals surface area (Å²) in [6.45, 7) is 0.196. The summed E-state index contributed by atoms with van der Waals surface area (Å²) in [4.78, 5) is 22.3. The lowest BCUT2D eigenvalue weighted by Gasteiger charge is -2.19. The lowest BCUT2D eigenvalue weighted by molar-refractivity contribution is -0.159. The van der Waals surface area contributed by atoms with Gasteiger partial charge in [-0.05, 0) is 53.4 Å². The summed E-state index contributed by atoms with van der Waals surface area (Å²) in [7, 11) is 0. The first-order chi connectivity index (χ1) is 17.2. The number of carbonyl (C=O) groups is 2. The molecule has 10 nitrogen and oxygen atoms in total. The highest BCUT2D eigenvalue weighted by Gasteiger charge is 2.13. The van der Waals surface area contributed by atoms with E-state index in [1.54, 1.807) is 36.5 Å². The molecule has 0 aliphatic heterocycles. The van der Waals surface area contributed by atoms with Crippen LogP contribution in [-0.2, 0) is 22.6 Å². The minimum Gasteiger partial charge on any atom is -0.473 e. The number of aromatic nitrogens is 1. The van der Waals surface area contributed by atoms with Gasteiger partial charge in [-0.2, -0.15) is 0 Å². The third kappa shape index (κ3) is 9.98. The first-order valence-electron chi connectivity index (χ1n) is 10.8. The third-order valence-corrected chi connectivity index (χ3v) is 5.08. The fourth-order valence-corrected chi connectivity index (χ4v) is 3.17. The van der Waals surface area contributed by atoms with Gasteiger partial charge in [-0.25, -0.2) is 14.6 Å². The quantitative estimate of drug-likeness (QED) is 0.219. The number of hydrogen-bond donors (Lipinski definition) is 6. The molecule has 3 aromatic rings. The van der Waals surface area contributed by atoms with Crippen molar-refractivity contribution in [3.05, 3.63) is 88.6 Å². The monoisotopic (exact) mass is 518 g/mol. The van der Waals surface area contributed by atoms with Crippen LogP contribution < -0.4 is 10.1 Å². The van der Waals surface area contributed by atoms with Crippen molar-refractivity contribution in [2.45, 2.75) is 25.2 Å². The van der Waals surface area contributed by atoms with Crippen molar-refractivity contribution in [1.82, 2.24) is 10.3 Å². The van der Waals surface area contributed by atoms with Gasteiger partial charge in [0.2, 0.25) is 5.88 Å². The standard InChI is InChI=1S/C23H25ClN2O4.C2H2O4/c24-19-3-1-2-18(11-19)22(29)13-25-20(15-28)10-16-4-7-21(8-5-16)30-23-9-6-17(14-27)12-26-23;3-1(4)2(5)6/h1-9,11-12,20,22,25,27-29H,10,13-15H2;(H,3,4)(H,5,6)/t20-,22-;/m0./s1. The smallest absolute Gasteiger partial charge is 0.414 e. The molecule has 0 saturated heterocycles. The molecule has 1 aromatic heterocycles. The highest BCUT2D eigenvalue weighted by Crippen LogP contribution is 2.21. The van der Waals surface area contributed by atoms with Gasteiger partial charge < -0.3 is 35.6 Å². The topological polar surface area (TPSA) is 169 Å². The van der Waals surface area contributed by atoms with Crippen LogP contribution in [0.5, 0.6) is 11.6 Å². The fourth-order valence-electron chi connectivity index (χ4n) is 2.97. The number of halogens is 1. The van der Waals surface area contributed by atoms with Crippen LogP contribution in [0.4, 0.5) is 0 Å². The van der Waals surface area contributed by atoms with Crippen LogP contribution in [-0.4, -0.2) is 61.6 Å². The summed E-state index contributed by atoms with van der Waals surface area (Å²) in [5.74, 6) is -2.55. The fraction of sp³-hybridized carbons (Fsp3) is 0.240. The van der Waals surface area contributed by atoms with Crippen molar-refractivity contribution in [3.8, 4) is 11.6 Å². The molecule has 2 aromatic carbocycles. The zero-order chi connectivity index (χ0) is 26.5. The molecule has 0 spiro atoms. The molecule has 0 aliphatic rings. The first-order valence-corrected chi connectivity index (χ1v) is 11.2. The molecule has 0 unspecified atom stereocenters. The molecular weight excluding hydrogens is 492 g/mol. The average molecular weight is 519 g/mol. The van der Waals surface area contributed by atoms with Crippen LogP contribution in [0.3, 0.4) is 0 Å². The Labute approximate surface area is 212 Å². The van der Waals surface area contributed by atoms with Crippen LogP contribution >= 0.6 is 11.6 Å². The number of carboxylic acid groups (broad SMARTS) is 2. The van der Waals surface area contributed by atoms with E-state index >= 15 is 0 Å². The Balaban J connectivity index is 0.000000678. The number of rotatable bonds is 10. The van der Waals surface area contributed by atoms with Gasteiger partial charge in [0.25, 0.3) is 0 Å². The SMILES string of the molecule is O=C(O)C(=O)O.OCc1ccc(Oc2ccc(C[C@@H](CO)NC[C@H](O)c3cccc(Cl)c3)cc2)nc1. The average Bonchev–Trinajstić information content (AvgIpc) is 2.88. The number of nitrogens with zero attached hydrogens (tertiary/aromatic N) is 1. The zero-order valence-corrected chi connectivity index (χ0v) is 19.9. The molecule has 0 amide bonds. The predicted molar refractivity (Wildman–Crippen MR) is 131 cm³/mol. The lowest BCUT2D eigenvalue weighted by atomic mass is 10.1. The first kappa shape index (κ1) is 28.7. The lowest BCUT2D eigenvalue weighted by Crippen LogP contribution is -2.37. The molecule has 1 heterocycles. The van der Waals surface area contributed by atoms with Gasteiger partial charge in [0.15, 0.2) is 0 Å². The van der Waals surface area contributed by atoms with Crippen molar-refractivity contribution in [2.24, 2.45) is 0 Å². The third-order valence-electron chi connectivity index (χ3n) is 4.84. The second-order valence-corrected chi connectivity index (χ2v) is 8.02. The van der Waals surface area contributed by atoms with Gasteiger partial charge >= 0.3 is 11.9 Å². The second-order valence-electron chi connectivity index (χ2n) is 7.58. The van der Waals surface area contributed by atoms with E-state index in [0.717, 1.165) is 16.7 Å². The Kier molecular flexibility index (Phi) is 11.8. The number of aliphatic hydroxyl groups excluding tert-OH is 3. The van der Waals surface area contributed by atoms with Gasteiger partial charge in [0.1, 0.15) is 5.75 Å². The van der Waals surface area contributed by atoms with E-state index in [4.69, 9.17) is 41.2 Å². The number of aliphatic hydroxyl groups is 3. The summed E-state index contributed by atoms with van der Waals surface area (Å²) in [6.07, 6.45) is 1.46. The minimum atomic E-state index is -1.82. The van der Waals surface area contributed by atoms with Crippen LogP contribution in [0.25, 0.3) is 0 Å². The molecule has 192 valence electrons. The predicted octanol–water partition coefficient (Wildman–Crippen LogP) is 2.40. The van der Waals surface area contributed by atoms with Crippen molar-refractivity contribution >= 4 is 23.5 Å². The van der Waals surface area contributed by atoms with Crippen molar-refractivity contribution < 1.29 is 39.9 Å². The Morgan fingerprint density at radius 1 is 0.972 bits per heavy atom. The Morgan fingerprint density at radius 2 is 1.64 bits per heavy atom. The number of hydrogen-bond acceptors (Lipinski definition) is 8. The molecule has 0 bridgehead atoms. The highest BCUT2D eigenvalue weighted by atomic mass is 35.5. The van der Waals surface area contributed by atoms with Gasteiger partial charge in [-0.3, -0.25) is 0 Å². The summed E-state index contributed by atoms with van der Waals surface area (Å²) in [5, 5.41) is 47.6. The van der Waals surface area contributed by atoms with Crippen molar-refractivity contribution in [3.63, 3.8) is 0 Å². The zero-order valence-electron chi connectivity index (χ0n) is 19.1. The molecule has 3 rings (SSSR count). The largest absolute Gasteiger partial charge is 0.473 e. The Morgan fingerprint density at radius 3 is 2.17 bits per heavy atom. The summed E-state index contributed by atoms with van der Waals surface area (Å²) in [6, 6.07) is 17.9. The molecule has 0 aliphatic carbocycles. The van der Waals surface area contributed by atoms with Gasteiger partial charge in [-0.15, -0.1) is 0 Å². The number of pyridine rings is 1. The van der Waals surface area contributed by atoms with Crippen LogP contribution in [0.2, 0.25) is 5.02 Å². The van der Waals surface area contributed by atoms with Crippen LogP contribution in [0, 0.1) is 0 Å². The van der Waals surface area contributed by atoms with E-state index in [1.807, 2.05) is 30.3 Å². The molecular formula is C25H27ClN2O8. The Hall–Kier alpha value is -3.54. The van der Waals surface area contributed by atoms with E-state index in [9.17, 15) is 10.2 Å². The van der Waals surface area contributed by atoms with Gasteiger partial charge in [0, 0.05) is 29.9 Å². The summed E-state index contributed by atoms with van der Waals surface area (Å²) in [5.41, 5.74) is 2.48. The minimum absolute atomic E-state index is 0.0539.